The van der Waals surface area contributed by atoms with Crippen LogP contribution >= 0.6 is 0 Å². The fourth-order valence-corrected chi connectivity index (χ4v) is 3.44. The highest BCUT2D eigenvalue weighted by Gasteiger charge is 2.09. The van der Waals surface area contributed by atoms with Crippen LogP contribution in [-0.2, 0) is 11.3 Å². The van der Waals surface area contributed by atoms with Crippen molar-refractivity contribution in [3.8, 4) is 11.5 Å². The lowest BCUT2D eigenvalue weighted by molar-refractivity contribution is 0.209. The van der Waals surface area contributed by atoms with E-state index in [1.54, 1.807) is 7.11 Å². The molecule has 0 saturated heterocycles. The normalized spacial score (nSPS) is 11.9. The standard InChI is InChI=1S/C26H36N2O3/c1-6-7-15-30-25-17-21(2)26(22(3)18-25)31-16-11-14-28(4)20-24(27-29-5)19-23-12-9-8-10-13-23/h6-10,12-13,17-18H,11,14-16,19-20H2,1-5H3/b7-6+,27-24?. The van der Waals surface area contributed by atoms with Crippen LogP contribution in [0.25, 0.3) is 0 Å². The maximum Gasteiger partial charge on any atom is 0.125 e. The van der Waals surface area contributed by atoms with Crippen molar-refractivity contribution in [1.29, 1.82) is 0 Å². The van der Waals surface area contributed by atoms with Gasteiger partial charge in [0.2, 0.25) is 0 Å². The molecule has 2 aromatic carbocycles. The van der Waals surface area contributed by atoms with Gasteiger partial charge in [0, 0.05) is 19.5 Å². The predicted octanol–water partition coefficient (Wildman–Crippen LogP) is 5.20. The number of nitrogens with zero attached hydrogens (tertiary/aromatic N) is 2. The van der Waals surface area contributed by atoms with Crippen molar-refractivity contribution in [3.63, 3.8) is 0 Å². The molecule has 0 unspecified atom stereocenters. The summed E-state index contributed by atoms with van der Waals surface area (Å²) in [5.41, 5.74) is 4.44. The van der Waals surface area contributed by atoms with E-state index in [1.807, 2.05) is 49.4 Å². The van der Waals surface area contributed by atoms with Crippen LogP contribution in [-0.4, -0.2) is 51.1 Å². The van der Waals surface area contributed by atoms with Gasteiger partial charge < -0.3 is 19.2 Å². The van der Waals surface area contributed by atoms with Gasteiger partial charge in [0.15, 0.2) is 0 Å². The van der Waals surface area contributed by atoms with Gasteiger partial charge in [-0.1, -0.05) is 47.6 Å². The van der Waals surface area contributed by atoms with Gasteiger partial charge in [-0.15, -0.1) is 0 Å². The molecule has 0 saturated carbocycles. The van der Waals surface area contributed by atoms with Crippen LogP contribution in [0.4, 0.5) is 0 Å². The third-order valence-corrected chi connectivity index (χ3v) is 4.87. The average molecular weight is 425 g/mol. The largest absolute Gasteiger partial charge is 0.493 e. The Balaban J connectivity index is 1.80. The summed E-state index contributed by atoms with van der Waals surface area (Å²) in [7, 11) is 3.70. The van der Waals surface area contributed by atoms with Crippen LogP contribution in [0.2, 0.25) is 0 Å². The molecule has 31 heavy (non-hydrogen) atoms. The smallest absolute Gasteiger partial charge is 0.125 e. The Morgan fingerprint density at radius 1 is 1.06 bits per heavy atom. The third-order valence-electron chi connectivity index (χ3n) is 4.87. The van der Waals surface area contributed by atoms with Crippen LogP contribution in [0.1, 0.15) is 30.0 Å². The summed E-state index contributed by atoms with van der Waals surface area (Å²) in [5, 5.41) is 4.22. The van der Waals surface area contributed by atoms with Gasteiger partial charge in [-0.25, -0.2) is 0 Å². The number of ether oxygens (including phenoxy) is 2. The lowest BCUT2D eigenvalue weighted by atomic mass is 10.1. The third kappa shape index (κ3) is 8.85. The SMILES string of the molecule is C/C=C/COc1cc(C)c(OCCCN(C)CC(Cc2ccccc2)=NOC)c(C)c1. The Kier molecular flexibility index (Phi) is 10.7. The number of hydrogen-bond donors (Lipinski definition) is 0. The zero-order valence-corrected chi connectivity index (χ0v) is 19.6. The number of oxime groups is 1. The minimum Gasteiger partial charge on any atom is -0.493 e. The van der Waals surface area contributed by atoms with Gasteiger partial charge in [0.1, 0.15) is 25.2 Å². The van der Waals surface area contributed by atoms with E-state index in [-0.39, 0.29) is 0 Å². The average Bonchev–Trinajstić information content (AvgIpc) is 2.74. The maximum atomic E-state index is 6.10. The lowest BCUT2D eigenvalue weighted by Crippen LogP contribution is -2.29. The number of benzene rings is 2. The molecule has 0 fully saturated rings. The molecule has 0 N–H and O–H groups in total. The van der Waals surface area contributed by atoms with Gasteiger partial charge in [0.25, 0.3) is 0 Å². The summed E-state index contributed by atoms with van der Waals surface area (Å²) < 4.78 is 11.8. The minimum atomic E-state index is 0.584. The van der Waals surface area contributed by atoms with E-state index >= 15 is 0 Å². The second-order valence-corrected chi connectivity index (χ2v) is 7.71. The van der Waals surface area contributed by atoms with E-state index in [0.29, 0.717) is 13.2 Å². The Bertz CT molecular complexity index is 824. The van der Waals surface area contributed by atoms with Crippen molar-refractivity contribution < 1.29 is 14.3 Å². The highest BCUT2D eigenvalue weighted by molar-refractivity contribution is 5.87. The monoisotopic (exact) mass is 424 g/mol. The second kappa shape index (κ2) is 13.5. The number of allylic oxidation sites excluding steroid dienone is 1. The molecule has 0 bridgehead atoms. The van der Waals surface area contributed by atoms with Gasteiger partial charge >= 0.3 is 0 Å². The highest BCUT2D eigenvalue weighted by Crippen LogP contribution is 2.28. The first-order valence-electron chi connectivity index (χ1n) is 10.8. The zero-order valence-electron chi connectivity index (χ0n) is 19.6. The van der Waals surface area contributed by atoms with Crippen molar-refractivity contribution in [2.24, 2.45) is 5.16 Å². The molecule has 0 heterocycles. The second-order valence-electron chi connectivity index (χ2n) is 7.71. The summed E-state index contributed by atoms with van der Waals surface area (Å²) >= 11 is 0. The van der Waals surface area contributed by atoms with Crippen molar-refractivity contribution >= 4 is 5.71 Å². The number of rotatable bonds is 13. The molecule has 0 aliphatic heterocycles. The van der Waals surface area contributed by atoms with Crippen LogP contribution < -0.4 is 9.47 Å². The molecule has 5 heteroatoms. The molecule has 0 aromatic heterocycles. The quantitative estimate of drug-likeness (QED) is 0.192. The molecule has 0 aliphatic carbocycles. The zero-order chi connectivity index (χ0) is 22.5. The summed E-state index contributed by atoms with van der Waals surface area (Å²) in [6.07, 6.45) is 5.70. The molecule has 0 spiro atoms. The highest BCUT2D eigenvalue weighted by atomic mass is 16.6. The molecule has 5 nitrogen and oxygen atoms in total. The number of aryl methyl sites for hydroxylation is 2. The van der Waals surface area contributed by atoms with Crippen LogP contribution in [0, 0.1) is 13.8 Å². The molecule has 2 aromatic rings. The molecule has 168 valence electrons. The van der Waals surface area contributed by atoms with Gasteiger partial charge in [-0.2, -0.15) is 0 Å². The Labute approximate surface area is 187 Å². The van der Waals surface area contributed by atoms with E-state index in [0.717, 1.165) is 54.3 Å². The van der Waals surface area contributed by atoms with E-state index in [4.69, 9.17) is 14.3 Å². The van der Waals surface area contributed by atoms with Crippen molar-refractivity contribution in [1.82, 2.24) is 4.90 Å². The molecule has 0 aliphatic rings. The molecule has 2 rings (SSSR count). The molecular weight excluding hydrogens is 388 g/mol. The van der Waals surface area contributed by atoms with Crippen molar-refractivity contribution in [2.45, 2.75) is 33.6 Å². The van der Waals surface area contributed by atoms with E-state index in [1.165, 1.54) is 5.56 Å². The fraction of sp³-hybridized carbons (Fsp3) is 0.423. The van der Waals surface area contributed by atoms with Crippen LogP contribution in [0.15, 0.2) is 59.8 Å². The summed E-state index contributed by atoms with van der Waals surface area (Å²) in [5.74, 6) is 1.83. The summed E-state index contributed by atoms with van der Waals surface area (Å²) in [4.78, 5) is 7.30. The topological polar surface area (TPSA) is 43.3 Å². The van der Waals surface area contributed by atoms with Crippen LogP contribution in [0.5, 0.6) is 11.5 Å². The predicted molar refractivity (Wildman–Crippen MR) is 128 cm³/mol. The van der Waals surface area contributed by atoms with Gasteiger partial charge in [0.05, 0.1) is 12.3 Å². The van der Waals surface area contributed by atoms with E-state index in [9.17, 15) is 0 Å². The minimum absolute atomic E-state index is 0.584. The summed E-state index contributed by atoms with van der Waals surface area (Å²) in [6, 6.07) is 14.4. The first kappa shape index (κ1) is 24.5. The number of hydrogen-bond acceptors (Lipinski definition) is 5. The van der Waals surface area contributed by atoms with Gasteiger partial charge in [-0.3, -0.25) is 0 Å². The van der Waals surface area contributed by atoms with E-state index in [2.05, 4.69) is 43.1 Å². The Hall–Kier alpha value is -2.79. The van der Waals surface area contributed by atoms with E-state index < -0.39 is 0 Å². The van der Waals surface area contributed by atoms with Crippen molar-refractivity contribution in [3.05, 3.63) is 71.3 Å². The molecule has 0 radical (unpaired) electrons. The summed E-state index contributed by atoms with van der Waals surface area (Å²) in [6.45, 7) is 9.05. The molecule has 0 amide bonds. The Morgan fingerprint density at radius 2 is 1.77 bits per heavy atom. The van der Waals surface area contributed by atoms with Crippen molar-refractivity contribution in [2.75, 3.05) is 40.5 Å². The lowest BCUT2D eigenvalue weighted by Gasteiger charge is -2.19. The Morgan fingerprint density at radius 3 is 2.42 bits per heavy atom. The maximum absolute atomic E-state index is 6.10. The first-order chi connectivity index (χ1) is 15.0. The van der Waals surface area contributed by atoms with Gasteiger partial charge in [-0.05, 0) is 63.1 Å². The molecular formula is C26H36N2O3. The van der Waals surface area contributed by atoms with Crippen LogP contribution in [0.3, 0.4) is 0 Å². The first-order valence-corrected chi connectivity index (χ1v) is 10.8. The fourth-order valence-electron chi connectivity index (χ4n) is 3.44. The molecule has 0 atom stereocenters.